The molecule has 0 unspecified atom stereocenters. The van der Waals surface area contributed by atoms with Gasteiger partial charge in [-0.3, -0.25) is 0 Å². The van der Waals surface area contributed by atoms with Gasteiger partial charge in [0.25, 0.3) is 0 Å². The van der Waals surface area contributed by atoms with Crippen molar-refractivity contribution in [3.63, 3.8) is 0 Å². The van der Waals surface area contributed by atoms with Crippen molar-refractivity contribution in [1.82, 2.24) is 9.97 Å². The summed E-state index contributed by atoms with van der Waals surface area (Å²) in [5.74, 6) is 4.40. The fourth-order valence-corrected chi connectivity index (χ4v) is 3.09. The first-order valence-electron chi connectivity index (χ1n) is 6.39. The van der Waals surface area contributed by atoms with E-state index in [1.165, 1.54) is 6.33 Å². The van der Waals surface area contributed by atoms with Crippen LogP contribution in [0.2, 0.25) is 5.02 Å². The second-order valence-corrected chi connectivity index (χ2v) is 6.03. The largest absolute Gasteiger partial charge is 0.439 e. The lowest BCUT2D eigenvalue weighted by Gasteiger charge is -2.27. The van der Waals surface area contributed by atoms with Crippen LogP contribution in [0, 0.1) is 0 Å². The van der Waals surface area contributed by atoms with E-state index in [9.17, 15) is 0 Å². The van der Waals surface area contributed by atoms with E-state index in [4.69, 9.17) is 16.3 Å². The third-order valence-corrected chi connectivity index (χ3v) is 4.16. The Kier molecular flexibility index (Phi) is 4.28. The highest BCUT2D eigenvalue weighted by molar-refractivity contribution is 7.99. The molecule has 0 atom stereocenters. The summed E-state index contributed by atoms with van der Waals surface area (Å²) in [7, 11) is 0. The average molecular weight is 308 g/mol. The Hall–Kier alpha value is -1.46. The third-order valence-electron chi connectivity index (χ3n) is 2.98. The molecule has 0 saturated carbocycles. The summed E-state index contributed by atoms with van der Waals surface area (Å²) in [6, 6.07) is 9.15. The minimum absolute atomic E-state index is 0.537. The Bertz CT molecular complexity index is 590. The number of nitrogens with zero attached hydrogens (tertiary/aromatic N) is 3. The van der Waals surface area contributed by atoms with Crippen molar-refractivity contribution in [1.29, 1.82) is 0 Å². The average Bonchev–Trinajstić information content (AvgIpc) is 2.48. The van der Waals surface area contributed by atoms with E-state index in [0.29, 0.717) is 16.7 Å². The van der Waals surface area contributed by atoms with Gasteiger partial charge in [-0.15, -0.1) is 0 Å². The lowest BCUT2D eigenvalue weighted by Crippen LogP contribution is -2.33. The van der Waals surface area contributed by atoms with Crippen molar-refractivity contribution >= 4 is 29.2 Å². The third kappa shape index (κ3) is 3.35. The lowest BCUT2D eigenvalue weighted by atomic mass is 10.3. The Balaban J connectivity index is 1.77. The zero-order valence-electron chi connectivity index (χ0n) is 10.8. The van der Waals surface area contributed by atoms with E-state index < -0.39 is 0 Å². The summed E-state index contributed by atoms with van der Waals surface area (Å²) in [5, 5.41) is 0.643. The molecule has 1 aliphatic heterocycles. The number of hydrogen-bond donors (Lipinski definition) is 0. The SMILES string of the molecule is Clc1cccc(Oc2cc(N3CCSCC3)ncn2)c1. The predicted octanol–water partition coefficient (Wildman–Crippen LogP) is 3.48. The van der Waals surface area contributed by atoms with Gasteiger partial charge in [-0.25, -0.2) is 9.97 Å². The molecule has 2 heterocycles. The highest BCUT2D eigenvalue weighted by Crippen LogP contribution is 2.25. The first-order chi connectivity index (χ1) is 9.81. The molecule has 104 valence electrons. The van der Waals surface area contributed by atoms with Crippen molar-refractivity contribution in [2.24, 2.45) is 0 Å². The summed E-state index contributed by atoms with van der Waals surface area (Å²) in [4.78, 5) is 10.7. The molecule has 0 spiro atoms. The Morgan fingerprint density at radius 1 is 1.15 bits per heavy atom. The van der Waals surface area contributed by atoms with Crippen LogP contribution in [-0.2, 0) is 0 Å². The van der Waals surface area contributed by atoms with Crippen molar-refractivity contribution in [2.75, 3.05) is 29.5 Å². The van der Waals surface area contributed by atoms with Crippen LogP contribution in [-0.4, -0.2) is 34.6 Å². The fourth-order valence-electron chi connectivity index (χ4n) is 2.00. The highest BCUT2D eigenvalue weighted by Gasteiger charge is 2.13. The summed E-state index contributed by atoms with van der Waals surface area (Å²) in [6.07, 6.45) is 1.54. The quantitative estimate of drug-likeness (QED) is 0.868. The molecule has 1 aromatic carbocycles. The minimum atomic E-state index is 0.537. The van der Waals surface area contributed by atoms with E-state index in [1.54, 1.807) is 6.07 Å². The number of aromatic nitrogens is 2. The maximum Gasteiger partial charge on any atom is 0.224 e. The van der Waals surface area contributed by atoms with Crippen LogP contribution < -0.4 is 9.64 Å². The lowest BCUT2D eigenvalue weighted by molar-refractivity contribution is 0.461. The molecule has 3 rings (SSSR count). The smallest absolute Gasteiger partial charge is 0.224 e. The second-order valence-electron chi connectivity index (χ2n) is 4.37. The molecule has 1 aromatic heterocycles. The number of benzene rings is 1. The molecule has 4 nitrogen and oxygen atoms in total. The molecule has 1 saturated heterocycles. The molecular weight excluding hydrogens is 294 g/mol. The fraction of sp³-hybridized carbons (Fsp3) is 0.286. The van der Waals surface area contributed by atoms with Crippen LogP contribution in [0.15, 0.2) is 36.7 Å². The monoisotopic (exact) mass is 307 g/mol. The van der Waals surface area contributed by atoms with Gasteiger partial charge in [-0.1, -0.05) is 17.7 Å². The number of hydrogen-bond acceptors (Lipinski definition) is 5. The first-order valence-corrected chi connectivity index (χ1v) is 7.93. The molecule has 1 fully saturated rings. The van der Waals surface area contributed by atoms with E-state index in [2.05, 4.69) is 14.9 Å². The van der Waals surface area contributed by atoms with E-state index in [1.807, 2.05) is 36.0 Å². The number of halogens is 1. The molecule has 6 heteroatoms. The Morgan fingerprint density at radius 2 is 2.00 bits per heavy atom. The van der Waals surface area contributed by atoms with Gasteiger partial charge in [0.2, 0.25) is 5.88 Å². The number of ether oxygens (including phenoxy) is 1. The van der Waals surface area contributed by atoms with Crippen LogP contribution in [0.1, 0.15) is 0 Å². The summed E-state index contributed by atoms with van der Waals surface area (Å²) < 4.78 is 5.72. The maximum atomic E-state index is 5.94. The van der Waals surface area contributed by atoms with Gasteiger partial charge in [-0.2, -0.15) is 11.8 Å². The minimum Gasteiger partial charge on any atom is -0.439 e. The highest BCUT2D eigenvalue weighted by atomic mass is 35.5. The zero-order valence-corrected chi connectivity index (χ0v) is 12.4. The van der Waals surface area contributed by atoms with Gasteiger partial charge in [-0.05, 0) is 18.2 Å². The molecule has 0 radical (unpaired) electrons. The van der Waals surface area contributed by atoms with Crippen molar-refractivity contribution in [3.8, 4) is 11.6 Å². The van der Waals surface area contributed by atoms with E-state index >= 15 is 0 Å². The van der Waals surface area contributed by atoms with Gasteiger partial charge in [0.05, 0.1) is 0 Å². The topological polar surface area (TPSA) is 38.2 Å². The maximum absolute atomic E-state index is 5.94. The predicted molar refractivity (Wildman–Crippen MR) is 83.1 cm³/mol. The molecule has 0 amide bonds. The van der Waals surface area contributed by atoms with E-state index in [-0.39, 0.29) is 0 Å². The summed E-state index contributed by atoms with van der Waals surface area (Å²) in [5.41, 5.74) is 0. The summed E-state index contributed by atoms with van der Waals surface area (Å²) in [6.45, 7) is 2.02. The molecule has 0 bridgehead atoms. The number of anilines is 1. The van der Waals surface area contributed by atoms with Gasteiger partial charge in [0, 0.05) is 35.7 Å². The molecule has 0 N–H and O–H groups in total. The second kappa shape index (κ2) is 6.33. The normalized spacial score (nSPS) is 15.2. The van der Waals surface area contributed by atoms with Crippen molar-refractivity contribution < 1.29 is 4.74 Å². The van der Waals surface area contributed by atoms with Crippen molar-refractivity contribution in [2.45, 2.75) is 0 Å². The number of rotatable bonds is 3. The Morgan fingerprint density at radius 3 is 2.80 bits per heavy atom. The number of thioether (sulfide) groups is 1. The van der Waals surface area contributed by atoms with Crippen LogP contribution in [0.5, 0.6) is 11.6 Å². The van der Waals surface area contributed by atoms with Gasteiger partial charge < -0.3 is 9.64 Å². The zero-order chi connectivity index (χ0) is 13.8. The van der Waals surface area contributed by atoms with Crippen LogP contribution >= 0.6 is 23.4 Å². The molecule has 0 aliphatic carbocycles. The van der Waals surface area contributed by atoms with Gasteiger partial charge in [0.15, 0.2) is 0 Å². The van der Waals surface area contributed by atoms with Crippen LogP contribution in [0.25, 0.3) is 0 Å². The molecule has 1 aliphatic rings. The standard InChI is InChI=1S/C14H14ClN3OS/c15-11-2-1-3-12(8-11)19-14-9-13(16-10-17-14)18-4-6-20-7-5-18/h1-3,8-10H,4-7H2. The Labute approximate surface area is 127 Å². The summed E-state index contributed by atoms with van der Waals surface area (Å²) >= 11 is 7.91. The first kappa shape index (κ1) is 13.5. The molecule has 20 heavy (non-hydrogen) atoms. The van der Waals surface area contributed by atoms with Crippen LogP contribution in [0.3, 0.4) is 0 Å². The van der Waals surface area contributed by atoms with Crippen LogP contribution in [0.4, 0.5) is 5.82 Å². The van der Waals surface area contributed by atoms with Crippen molar-refractivity contribution in [3.05, 3.63) is 41.7 Å². The molecule has 2 aromatic rings. The van der Waals surface area contributed by atoms with Gasteiger partial charge in [0.1, 0.15) is 17.9 Å². The molecular formula is C14H14ClN3OS. The van der Waals surface area contributed by atoms with E-state index in [0.717, 1.165) is 30.4 Å². The van der Waals surface area contributed by atoms with Gasteiger partial charge >= 0.3 is 0 Å².